The van der Waals surface area contributed by atoms with Crippen molar-refractivity contribution in [2.75, 3.05) is 0 Å². The van der Waals surface area contributed by atoms with Gasteiger partial charge in [0.05, 0.1) is 0 Å². The molecule has 1 aliphatic rings. The van der Waals surface area contributed by atoms with E-state index in [0.29, 0.717) is 5.76 Å². The predicted octanol–water partition coefficient (Wildman–Crippen LogP) is 1.91. The van der Waals surface area contributed by atoms with Crippen LogP contribution in [0.4, 0.5) is 0 Å². The number of amides is 1. The maximum atomic E-state index is 11.5. The van der Waals surface area contributed by atoms with Crippen LogP contribution in [0.3, 0.4) is 0 Å². The van der Waals surface area contributed by atoms with Gasteiger partial charge in [-0.2, -0.15) is 0 Å². The molecule has 1 aromatic carbocycles. The first-order valence-electron chi connectivity index (χ1n) is 4.85. The van der Waals surface area contributed by atoms with E-state index in [1.54, 1.807) is 6.08 Å². The van der Waals surface area contributed by atoms with Gasteiger partial charge in [0, 0.05) is 0 Å². The lowest BCUT2D eigenvalue weighted by Crippen LogP contribution is -2.35. The van der Waals surface area contributed by atoms with Crippen molar-refractivity contribution in [3.05, 3.63) is 41.7 Å². The molecule has 15 heavy (non-hydrogen) atoms. The first kappa shape index (κ1) is 9.77. The van der Waals surface area contributed by atoms with E-state index in [9.17, 15) is 4.79 Å². The van der Waals surface area contributed by atoms with Crippen molar-refractivity contribution in [1.29, 1.82) is 0 Å². The predicted molar refractivity (Wildman–Crippen MR) is 57.7 cm³/mol. The molecular weight excluding hydrogens is 190 g/mol. The number of rotatable bonds is 1. The van der Waals surface area contributed by atoms with Crippen molar-refractivity contribution in [3.8, 4) is 0 Å². The summed E-state index contributed by atoms with van der Waals surface area (Å²) in [4.78, 5) is 11.5. The summed E-state index contributed by atoms with van der Waals surface area (Å²) in [5.41, 5.74) is 0.359. The van der Waals surface area contributed by atoms with Crippen LogP contribution in [-0.4, -0.2) is 11.6 Å². The molecule has 0 spiro atoms. The van der Waals surface area contributed by atoms with Crippen LogP contribution in [0.5, 0.6) is 0 Å². The van der Waals surface area contributed by atoms with Gasteiger partial charge in [0.15, 0.2) is 11.5 Å². The number of hydrogen-bond donors (Lipinski definition) is 1. The van der Waals surface area contributed by atoms with Crippen LogP contribution in [-0.2, 0) is 9.53 Å². The molecule has 1 heterocycles. The third-order valence-corrected chi connectivity index (χ3v) is 2.10. The Morgan fingerprint density at radius 1 is 1.27 bits per heavy atom. The van der Waals surface area contributed by atoms with Gasteiger partial charge in [-0.05, 0) is 25.5 Å². The number of carbonyl (C=O) groups excluding carboxylic acids is 1. The van der Waals surface area contributed by atoms with E-state index in [0.717, 1.165) is 5.56 Å². The van der Waals surface area contributed by atoms with Gasteiger partial charge < -0.3 is 10.1 Å². The van der Waals surface area contributed by atoms with Crippen molar-refractivity contribution in [3.63, 3.8) is 0 Å². The number of benzene rings is 1. The van der Waals surface area contributed by atoms with Gasteiger partial charge in [0.2, 0.25) is 0 Å². The second kappa shape index (κ2) is 3.42. The van der Waals surface area contributed by atoms with Crippen LogP contribution < -0.4 is 5.32 Å². The maximum Gasteiger partial charge on any atom is 0.289 e. The molecular formula is C12H13NO2. The molecule has 0 aromatic heterocycles. The van der Waals surface area contributed by atoms with Gasteiger partial charge in [-0.1, -0.05) is 30.3 Å². The van der Waals surface area contributed by atoms with Crippen LogP contribution in [0, 0.1) is 0 Å². The fourth-order valence-electron chi connectivity index (χ4n) is 1.48. The largest absolute Gasteiger partial charge is 0.463 e. The Labute approximate surface area is 88.8 Å². The summed E-state index contributed by atoms with van der Waals surface area (Å²) >= 11 is 0. The second-order valence-electron chi connectivity index (χ2n) is 3.99. The van der Waals surface area contributed by atoms with Gasteiger partial charge in [0.25, 0.3) is 5.91 Å². The van der Waals surface area contributed by atoms with Gasteiger partial charge in [-0.25, -0.2) is 0 Å². The van der Waals surface area contributed by atoms with Crippen molar-refractivity contribution in [2.24, 2.45) is 0 Å². The molecule has 2 rings (SSSR count). The van der Waals surface area contributed by atoms with Crippen LogP contribution in [0.15, 0.2) is 36.1 Å². The lowest BCUT2D eigenvalue weighted by molar-refractivity contribution is -0.116. The van der Waals surface area contributed by atoms with Crippen LogP contribution in [0.1, 0.15) is 19.4 Å². The van der Waals surface area contributed by atoms with Crippen LogP contribution in [0.2, 0.25) is 0 Å². The van der Waals surface area contributed by atoms with Crippen LogP contribution in [0.25, 0.3) is 6.08 Å². The van der Waals surface area contributed by atoms with Gasteiger partial charge in [-0.15, -0.1) is 0 Å². The molecule has 78 valence electrons. The van der Waals surface area contributed by atoms with E-state index in [-0.39, 0.29) is 5.91 Å². The summed E-state index contributed by atoms with van der Waals surface area (Å²) in [6.45, 7) is 3.63. The Hall–Kier alpha value is -1.77. The second-order valence-corrected chi connectivity index (χ2v) is 3.99. The molecule has 1 aromatic rings. The molecule has 1 N–H and O–H groups in total. The lowest BCUT2D eigenvalue weighted by atomic mass is 10.2. The standard InChI is InChI=1S/C12H13NO2/c1-12(2)13-11(14)10(15-12)8-9-6-4-3-5-7-9/h3-8H,1-2H3,(H,13,14)/b10-8+. The highest BCUT2D eigenvalue weighted by Crippen LogP contribution is 2.21. The van der Waals surface area contributed by atoms with E-state index < -0.39 is 5.72 Å². The molecule has 1 saturated heterocycles. The summed E-state index contributed by atoms with van der Waals surface area (Å²) in [6, 6.07) is 9.63. The maximum absolute atomic E-state index is 11.5. The summed E-state index contributed by atoms with van der Waals surface area (Å²) < 4.78 is 5.47. The Kier molecular flexibility index (Phi) is 2.23. The molecule has 1 aliphatic heterocycles. The van der Waals surface area contributed by atoms with Gasteiger partial charge in [0.1, 0.15) is 0 Å². The molecule has 0 atom stereocenters. The Bertz CT molecular complexity index is 407. The Morgan fingerprint density at radius 2 is 1.93 bits per heavy atom. The van der Waals surface area contributed by atoms with Crippen molar-refractivity contribution in [1.82, 2.24) is 5.32 Å². The summed E-state index contributed by atoms with van der Waals surface area (Å²) in [5, 5.41) is 2.73. The highest BCUT2D eigenvalue weighted by atomic mass is 16.5. The number of ether oxygens (including phenoxy) is 1. The summed E-state index contributed by atoms with van der Waals surface area (Å²) in [6.07, 6.45) is 1.74. The fraction of sp³-hybridized carbons (Fsp3) is 0.250. The van der Waals surface area contributed by atoms with E-state index in [2.05, 4.69) is 5.32 Å². The minimum Gasteiger partial charge on any atom is -0.463 e. The fourth-order valence-corrected chi connectivity index (χ4v) is 1.48. The van der Waals surface area contributed by atoms with E-state index >= 15 is 0 Å². The van der Waals surface area contributed by atoms with E-state index in [4.69, 9.17) is 4.74 Å². The molecule has 3 nitrogen and oxygen atoms in total. The van der Waals surface area contributed by atoms with Gasteiger partial charge >= 0.3 is 0 Å². The zero-order valence-electron chi connectivity index (χ0n) is 8.78. The zero-order valence-corrected chi connectivity index (χ0v) is 8.78. The quantitative estimate of drug-likeness (QED) is 0.708. The van der Waals surface area contributed by atoms with Crippen molar-refractivity contribution in [2.45, 2.75) is 19.6 Å². The smallest absolute Gasteiger partial charge is 0.289 e. The average molecular weight is 203 g/mol. The monoisotopic (exact) mass is 203 g/mol. The highest BCUT2D eigenvalue weighted by Gasteiger charge is 2.34. The highest BCUT2D eigenvalue weighted by molar-refractivity contribution is 5.97. The minimum absolute atomic E-state index is 0.163. The molecule has 0 saturated carbocycles. The van der Waals surface area contributed by atoms with E-state index in [1.165, 1.54) is 0 Å². The SMILES string of the molecule is CC1(C)NC(=O)/C(=C\c2ccccc2)O1. The Morgan fingerprint density at radius 3 is 2.47 bits per heavy atom. The summed E-state index contributed by atoms with van der Waals surface area (Å²) in [5.74, 6) is 0.204. The normalized spacial score (nSPS) is 21.2. The first-order chi connectivity index (χ1) is 7.07. The molecule has 0 unspecified atom stereocenters. The Balaban J connectivity index is 2.26. The summed E-state index contributed by atoms with van der Waals surface area (Å²) in [7, 11) is 0. The molecule has 3 heteroatoms. The third-order valence-electron chi connectivity index (χ3n) is 2.10. The average Bonchev–Trinajstić information content (AvgIpc) is 2.41. The molecule has 0 radical (unpaired) electrons. The lowest BCUT2D eigenvalue weighted by Gasteiger charge is -2.15. The first-order valence-corrected chi connectivity index (χ1v) is 4.85. The van der Waals surface area contributed by atoms with Crippen LogP contribution >= 0.6 is 0 Å². The van der Waals surface area contributed by atoms with Crippen molar-refractivity contribution < 1.29 is 9.53 Å². The zero-order chi connectivity index (χ0) is 10.9. The molecule has 1 fully saturated rings. The van der Waals surface area contributed by atoms with Crippen molar-refractivity contribution >= 4 is 12.0 Å². The molecule has 1 amide bonds. The number of carbonyl (C=O) groups is 1. The topological polar surface area (TPSA) is 38.3 Å². The number of hydrogen-bond acceptors (Lipinski definition) is 2. The number of nitrogens with one attached hydrogen (secondary N) is 1. The molecule has 0 bridgehead atoms. The van der Waals surface area contributed by atoms with Gasteiger partial charge in [-0.3, -0.25) is 4.79 Å². The third kappa shape index (κ3) is 2.18. The molecule has 0 aliphatic carbocycles. The van der Waals surface area contributed by atoms with E-state index in [1.807, 2.05) is 44.2 Å². The minimum atomic E-state index is -0.600.